The van der Waals surface area contributed by atoms with Crippen LogP contribution >= 0.6 is 0 Å². The number of aromatic nitrogens is 1. The van der Waals surface area contributed by atoms with Crippen LogP contribution < -0.4 is 0 Å². The van der Waals surface area contributed by atoms with E-state index in [1.807, 2.05) is 29.3 Å². The van der Waals surface area contributed by atoms with Crippen molar-refractivity contribution < 1.29 is 9.18 Å². The van der Waals surface area contributed by atoms with Crippen LogP contribution in [0.1, 0.15) is 30.4 Å². The van der Waals surface area contributed by atoms with E-state index in [1.54, 1.807) is 6.20 Å². The summed E-state index contributed by atoms with van der Waals surface area (Å²) in [6.07, 6.45) is 8.06. The fraction of sp³-hybridized carbons (Fsp3) is 0.455. The van der Waals surface area contributed by atoms with Gasteiger partial charge in [-0.2, -0.15) is 0 Å². The molecule has 1 aromatic heterocycles. The molecule has 4 nitrogen and oxygen atoms in total. The van der Waals surface area contributed by atoms with Gasteiger partial charge in [0.15, 0.2) is 0 Å². The maximum absolute atomic E-state index is 12.9. The number of amides is 1. The standard InChI is InChI=1S/C22H28FN3O/c23-21-10-8-19(9-11-21)6-3-13-25-14-16-26(17-15-25)22(27)7-1-4-20-5-2-12-24-18-20/h2,5,8-12,18H,1,3-4,6-7,13-17H2. The van der Waals surface area contributed by atoms with Crippen molar-refractivity contribution in [3.05, 3.63) is 65.7 Å². The van der Waals surface area contributed by atoms with Crippen LogP contribution in [0.2, 0.25) is 0 Å². The third kappa shape index (κ3) is 6.43. The fourth-order valence-electron chi connectivity index (χ4n) is 3.53. The van der Waals surface area contributed by atoms with Crippen molar-refractivity contribution in [2.75, 3.05) is 32.7 Å². The molecule has 0 saturated carbocycles. The van der Waals surface area contributed by atoms with E-state index in [0.717, 1.165) is 58.4 Å². The lowest BCUT2D eigenvalue weighted by atomic mass is 10.1. The van der Waals surface area contributed by atoms with Crippen molar-refractivity contribution in [2.24, 2.45) is 0 Å². The zero-order valence-electron chi connectivity index (χ0n) is 15.8. The summed E-state index contributed by atoms with van der Waals surface area (Å²) in [5, 5.41) is 0. The predicted molar refractivity (Wildman–Crippen MR) is 105 cm³/mol. The summed E-state index contributed by atoms with van der Waals surface area (Å²) in [6.45, 7) is 4.56. The number of pyridine rings is 1. The monoisotopic (exact) mass is 369 g/mol. The SMILES string of the molecule is O=C(CCCc1cccnc1)N1CCN(CCCc2ccc(F)cc2)CC1. The molecule has 1 aromatic carbocycles. The Bertz CT molecular complexity index is 697. The van der Waals surface area contributed by atoms with Crippen LogP contribution in [0.25, 0.3) is 0 Å². The van der Waals surface area contributed by atoms with Gasteiger partial charge < -0.3 is 4.90 Å². The molecule has 1 aliphatic heterocycles. The highest BCUT2D eigenvalue weighted by atomic mass is 19.1. The smallest absolute Gasteiger partial charge is 0.222 e. The maximum Gasteiger partial charge on any atom is 0.222 e. The molecule has 0 bridgehead atoms. The third-order valence-corrected chi connectivity index (χ3v) is 5.16. The molecule has 2 aromatic rings. The predicted octanol–water partition coefficient (Wildman–Crippen LogP) is 3.32. The summed E-state index contributed by atoms with van der Waals surface area (Å²) in [4.78, 5) is 20.9. The Labute approximate surface area is 161 Å². The van der Waals surface area contributed by atoms with Gasteiger partial charge in [0.2, 0.25) is 5.91 Å². The van der Waals surface area contributed by atoms with E-state index < -0.39 is 0 Å². The van der Waals surface area contributed by atoms with E-state index in [0.29, 0.717) is 6.42 Å². The van der Waals surface area contributed by atoms with E-state index in [4.69, 9.17) is 0 Å². The normalized spacial score (nSPS) is 15.1. The Balaban J connectivity index is 1.30. The first-order valence-electron chi connectivity index (χ1n) is 9.84. The zero-order chi connectivity index (χ0) is 18.9. The molecule has 0 aliphatic carbocycles. The van der Waals surface area contributed by atoms with Gasteiger partial charge in [0.05, 0.1) is 0 Å². The van der Waals surface area contributed by atoms with Crippen molar-refractivity contribution in [2.45, 2.75) is 32.1 Å². The molecule has 3 rings (SSSR count). The zero-order valence-corrected chi connectivity index (χ0v) is 15.8. The number of carbonyl (C=O) groups is 1. The minimum atomic E-state index is -0.181. The van der Waals surface area contributed by atoms with Crippen molar-refractivity contribution in [1.29, 1.82) is 0 Å². The molecule has 5 heteroatoms. The minimum Gasteiger partial charge on any atom is -0.340 e. The molecule has 144 valence electrons. The van der Waals surface area contributed by atoms with Crippen LogP contribution in [0, 0.1) is 5.82 Å². The molecule has 1 saturated heterocycles. The molecule has 2 heterocycles. The lowest BCUT2D eigenvalue weighted by molar-refractivity contribution is -0.133. The largest absolute Gasteiger partial charge is 0.340 e. The van der Waals surface area contributed by atoms with Gasteiger partial charge in [-0.1, -0.05) is 18.2 Å². The molecule has 0 N–H and O–H groups in total. The highest BCUT2D eigenvalue weighted by Crippen LogP contribution is 2.10. The summed E-state index contributed by atoms with van der Waals surface area (Å²) in [5.74, 6) is 0.0878. The lowest BCUT2D eigenvalue weighted by Gasteiger charge is -2.34. The Morgan fingerprint density at radius 3 is 2.41 bits per heavy atom. The number of hydrogen-bond acceptors (Lipinski definition) is 3. The number of carbonyl (C=O) groups excluding carboxylic acids is 1. The van der Waals surface area contributed by atoms with Crippen molar-refractivity contribution in [1.82, 2.24) is 14.8 Å². The second-order valence-corrected chi connectivity index (χ2v) is 7.17. The number of hydrogen-bond donors (Lipinski definition) is 0. The van der Waals surface area contributed by atoms with E-state index in [-0.39, 0.29) is 11.7 Å². The molecule has 27 heavy (non-hydrogen) atoms. The second kappa shape index (κ2) is 10.2. The van der Waals surface area contributed by atoms with Gasteiger partial charge in [-0.05, 0) is 61.6 Å². The van der Waals surface area contributed by atoms with Gasteiger partial charge in [-0.25, -0.2) is 4.39 Å². The summed E-state index contributed by atoms with van der Waals surface area (Å²) < 4.78 is 12.9. The second-order valence-electron chi connectivity index (χ2n) is 7.17. The molecule has 1 amide bonds. The molecule has 0 radical (unpaired) electrons. The summed E-state index contributed by atoms with van der Waals surface area (Å²) >= 11 is 0. The average molecular weight is 369 g/mol. The van der Waals surface area contributed by atoms with E-state index in [1.165, 1.54) is 23.3 Å². The Hall–Kier alpha value is -2.27. The Kier molecular flexibility index (Phi) is 7.34. The summed E-state index contributed by atoms with van der Waals surface area (Å²) in [6, 6.07) is 10.8. The van der Waals surface area contributed by atoms with Gasteiger partial charge in [0, 0.05) is 45.0 Å². The van der Waals surface area contributed by atoms with Crippen LogP contribution in [0.15, 0.2) is 48.8 Å². The third-order valence-electron chi connectivity index (χ3n) is 5.16. The number of piperazine rings is 1. The lowest BCUT2D eigenvalue weighted by Crippen LogP contribution is -2.48. The van der Waals surface area contributed by atoms with Crippen LogP contribution in [0.3, 0.4) is 0 Å². The number of nitrogens with zero attached hydrogens (tertiary/aromatic N) is 3. The first kappa shape index (κ1) is 19.5. The highest BCUT2D eigenvalue weighted by molar-refractivity contribution is 5.76. The van der Waals surface area contributed by atoms with Gasteiger partial charge in [0.25, 0.3) is 0 Å². The van der Waals surface area contributed by atoms with Gasteiger partial charge >= 0.3 is 0 Å². The molecule has 0 atom stereocenters. The van der Waals surface area contributed by atoms with Gasteiger partial charge in [-0.3, -0.25) is 14.7 Å². The molecular formula is C22H28FN3O. The van der Waals surface area contributed by atoms with Crippen LogP contribution in [0.4, 0.5) is 4.39 Å². The van der Waals surface area contributed by atoms with Gasteiger partial charge in [-0.15, -0.1) is 0 Å². The van der Waals surface area contributed by atoms with E-state index in [2.05, 4.69) is 16.0 Å². The van der Waals surface area contributed by atoms with E-state index in [9.17, 15) is 9.18 Å². The van der Waals surface area contributed by atoms with Crippen LogP contribution in [-0.2, 0) is 17.6 Å². The molecule has 0 unspecified atom stereocenters. The average Bonchev–Trinajstić information content (AvgIpc) is 2.71. The molecular weight excluding hydrogens is 341 g/mol. The van der Waals surface area contributed by atoms with Gasteiger partial charge in [0.1, 0.15) is 5.82 Å². The van der Waals surface area contributed by atoms with Crippen molar-refractivity contribution in [3.63, 3.8) is 0 Å². The quantitative estimate of drug-likeness (QED) is 0.716. The highest BCUT2D eigenvalue weighted by Gasteiger charge is 2.20. The molecule has 1 fully saturated rings. The van der Waals surface area contributed by atoms with Crippen molar-refractivity contribution in [3.8, 4) is 0 Å². The number of aryl methyl sites for hydroxylation is 2. The molecule has 0 spiro atoms. The first-order chi connectivity index (χ1) is 13.2. The number of benzene rings is 1. The Morgan fingerprint density at radius 2 is 1.70 bits per heavy atom. The minimum absolute atomic E-state index is 0.181. The maximum atomic E-state index is 12.9. The van der Waals surface area contributed by atoms with Crippen LogP contribution in [0.5, 0.6) is 0 Å². The summed E-state index contributed by atoms with van der Waals surface area (Å²) in [5.41, 5.74) is 2.37. The first-order valence-corrected chi connectivity index (χ1v) is 9.84. The topological polar surface area (TPSA) is 36.4 Å². The van der Waals surface area contributed by atoms with Crippen LogP contribution in [-0.4, -0.2) is 53.4 Å². The molecule has 1 aliphatic rings. The summed E-state index contributed by atoms with van der Waals surface area (Å²) in [7, 11) is 0. The Morgan fingerprint density at radius 1 is 0.963 bits per heavy atom. The fourth-order valence-corrected chi connectivity index (χ4v) is 3.53. The number of rotatable bonds is 8. The number of halogens is 1. The van der Waals surface area contributed by atoms with E-state index >= 15 is 0 Å². The van der Waals surface area contributed by atoms with Crippen molar-refractivity contribution >= 4 is 5.91 Å².